The van der Waals surface area contributed by atoms with Gasteiger partial charge in [-0.25, -0.2) is 0 Å². The highest BCUT2D eigenvalue weighted by Crippen LogP contribution is 2.11. The van der Waals surface area contributed by atoms with Gasteiger partial charge in [-0.05, 0) is 38.7 Å². The second kappa shape index (κ2) is 5.51. The van der Waals surface area contributed by atoms with Crippen molar-refractivity contribution in [3.63, 3.8) is 0 Å². The monoisotopic (exact) mass is 222 g/mol. The first-order valence-electron chi connectivity index (χ1n) is 5.22. The Morgan fingerprint density at radius 2 is 1.94 bits per heavy atom. The van der Waals surface area contributed by atoms with Gasteiger partial charge in [-0.3, -0.25) is 4.79 Å². The molecule has 0 saturated carbocycles. The lowest BCUT2D eigenvalue weighted by atomic mass is 10.2. The van der Waals surface area contributed by atoms with Crippen LogP contribution in [0, 0.1) is 0 Å². The van der Waals surface area contributed by atoms with Crippen molar-refractivity contribution in [2.24, 2.45) is 0 Å². The van der Waals surface area contributed by atoms with E-state index in [0.29, 0.717) is 0 Å². The molecule has 0 aliphatic carbocycles. The molecular weight excluding hydrogens is 204 g/mol. The van der Waals surface area contributed by atoms with Crippen molar-refractivity contribution in [3.8, 4) is 0 Å². The molecule has 1 rings (SSSR count). The molecule has 0 radical (unpaired) electrons. The summed E-state index contributed by atoms with van der Waals surface area (Å²) in [5, 5.41) is 11.7. The van der Waals surface area contributed by atoms with Crippen molar-refractivity contribution in [2.75, 3.05) is 19.4 Å². The molecule has 0 spiro atoms. The van der Waals surface area contributed by atoms with Crippen LogP contribution in [0.5, 0.6) is 0 Å². The van der Waals surface area contributed by atoms with E-state index in [4.69, 9.17) is 5.11 Å². The Kier molecular flexibility index (Phi) is 4.31. The van der Waals surface area contributed by atoms with Crippen LogP contribution in [-0.4, -0.2) is 36.1 Å². The maximum Gasteiger partial charge on any atom is 0.325 e. The Labute approximate surface area is 95.9 Å². The number of benzene rings is 1. The molecule has 4 nitrogen and oxygen atoms in total. The Balaban J connectivity index is 2.61. The molecular formula is C12H18N2O2. The van der Waals surface area contributed by atoms with Crippen LogP contribution in [0.1, 0.15) is 12.5 Å². The standard InChI is InChI=1S/C12H18N2O2/c1-9(12(15)16)13-11-6-4-10(5-7-11)8-14(2)3/h4-7,9,13H,8H2,1-3H3,(H,15,16). The van der Waals surface area contributed by atoms with Crippen LogP contribution in [0.25, 0.3) is 0 Å². The molecule has 0 aliphatic rings. The minimum atomic E-state index is -0.850. The first-order chi connectivity index (χ1) is 7.49. The normalized spacial score (nSPS) is 12.5. The van der Waals surface area contributed by atoms with Crippen LogP contribution in [0.2, 0.25) is 0 Å². The number of rotatable bonds is 5. The molecule has 0 amide bonds. The SMILES string of the molecule is CC(Nc1ccc(CN(C)C)cc1)C(=O)O. The molecule has 1 atom stereocenters. The zero-order valence-corrected chi connectivity index (χ0v) is 9.90. The van der Waals surface area contributed by atoms with Gasteiger partial charge in [0.05, 0.1) is 0 Å². The summed E-state index contributed by atoms with van der Waals surface area (Å²) < 4.78 is 0. The third-order valence-electron chi connectivity index (χ3n) is 2.21. The molecule has 0 aliphatic heterocycles. The molecule has 2 N–H and O–H groups in total. The lowest BCUT2D eigenvalue weighted by Gasteiger charge is -2.13. The van der Waals surface area contributed by atoms with E-state index in [2.05, 4.69) is 10.2 Å². The molecule has 4 heteroatoms. The topological polar surface area (TPSA) is 52.6 Å². The van der Waals surface area contributed by atoms with Gasteiger partial charge in [-0.2, -0.15) is 0 Å². The summed E-state index contributed by atoms with van der Waals surface area (Å²) in [5.74, 6) is -0.850. The van der Waals surface area contributed by atoms with Gasteiger partial charge in [0.25, 0.3) is 0 Å². The number of hydrogen-bond acceptors (Lipinski definition) is 3. The first-order valence-corrected chi connectivity index (χ1v) is 5.22. The predicted octanol–water partition coefficient (Wildman–Crippen LogP) is 1.63. The van der Waals surface area contributed by atoms with Crippen LogP contribution in [0.15, 0.2) is 24.3 Å². The molecule has 88 valence electrons. The first kappa shape index (κ1) is 12.5. The Hall–Kier alpha value is -1.55. The van der Waals surface area contributed by atoms with E-state index < -0.39 is 12.0 Å². The van der Waals surface area contributed by atoms with E-state index in [1.54, 1.807) is 6.92 Å². The van der Waals surface area contributed by atoms with E-state index in [0.717, 1.165) is 12.2 Å². The van der Waals surface area contributed by atoms with E-state index in [9.17, 15) is 4.79 Å². The van der Waals surface area contributed by atoms with Gasteiger partial charge in [0.1, 0.15) is 6.04 Å². The fourth-order valence-corrected chi connectivity index (χ4v) is 1.38. The average Bonchev–Trinajstić information content (AvgIpc) is 2.20. The van der Waals surface area contributed by atoms with Crippen molar-refractivity contribution >= 4 is 11.7 Å². The fourth-order valence-electron chi connectivity index (χ4n) is 1.38. The summed E-state index contributed by atoms with van der Waals surface area (Å²) >= 11 is 0. The number of carboxylic acid groups (broad SMARTS) is 1. The van der Waals surface area contributed by atoms with Gasteiger partial charge in [0.15, 0.2) is 0 Å². The van der Waals surface area contributed by atoms with Crippen molar-refractivity contribution in [3.05, 3.63) is 29.8 Å². The van der Waals surface area contributed by atoms with Crippen molar-refractivity contribution in [2.45, 2.75) is 19.5 Å². The minimum Gasteiger partial charge on any atom is -0.480 e. The number of nitrogens with zero attached hydrogens (tertiary/aromatic N) is 1. The average molecular weight is 222 g/mol. The van der Waals surface area contributed by atoms with E-state index in [1.807, 2.05) is 38.4 Å². The summed E-state index contributed by atoms with van der Waals surface area (Å²) in [6.07, 6.45) is 0. The Morgan fingerprint density at radius 3 is 2.38 bits per heavy atom. The number of nitrogens with one attached hydrogen (secondary N) is 1. The molecule has 16 heavy (non-hydrogen) atoms. The highest BCUT2D eigenvalue weighted by atomic mass is 16.4. The summed E-state index contributed by atoms with van der Waals surface area (Å²) in [5.41, 5.74) is 2.04. The number of carbonyl (C=O) groups is 1. The molecule has 1 aromatic rings. The van der Waals surface area contributed by atoms with Gasteiger partial charge in [0, 0.05) is 12.2 Å². The number of aliphatic carboxylic acids is 1. The van der Waals surface area contributed by atoms with Crippen molar-refractivity contribution in [1.82, 2.24) is 4.90 Å². The number of anilines is 1. The van der Waals surface area contributed by atoms with Gasteiger partial charge >= 0.3 is 5.97 Å². The van der Waals surface area contributed by atoms with Crippen LogP contribution in [-0.2, 0) is 11.3 Å². The maximum atomic E-state index is 10.6. The van der Waals surface area contributed by atoms with Crippen LogP contribution < -0.4 is 5.32 Å². The van der Waals surface area contributed by atoms with E-state index in [-0.39, 0.29) is 0 Å². The number of carboxylic acids is 1. The third-order valence-corrected chi connectivity index (χ3v) is 2.21. The third kappa shape index (κ3) is 3.90. The van der Waals surface area contributed by atoms with Gasteiger partial charge in [-0.1, -0.05) is 12.1 Å². The van der Waals surface area contributed by atoms with Gasteiger partial charge in [-0.15, -0.1) is 0 Å². The lowest BCUT2D eigenvalue weighted by Crippen LogP contribution is -2.25. The quantitative estimate of drug-likeness (QED) is 0.795. The minimum absolute atomic E-state index is 0.570. The molecule has 0 aromatic heterocycles. The second-order valence-corrected chi connectivity index (χ2v) is 4.14. The van der Waals surface area contributed by atoms with Crippen LogP contribution in [0.3, 0.4) is 0 Å². The smallest absolute Gasteiger partial charge is 0.325 e. The van der Waals surface area contributed by atoms with E-state index in [1.165, 1.54) is 5.56 Å². The fraction of sp³-hybridized carbons (Fsp3) is 0.417. The summed E-state index contributed by atoms with van der Waals surface area (Å²) in [4.78, 5) is 12.7. The zero-order valence-electron chi connectivity index (χ0n) is 9.90. The van der Waals surface area contributed by atoms with Crippen molar-refractivity contribution < 1.29 is 9.90 Å². The predicted molar refractivity (Wildman–Crippen MR) is 64.6 cm³/mol. The van der Waals surface area contributed by atoms with Gasteiger partial charge in [0.2, 0.25) is 0 Å². The largest absolute Gasteiger partial charge is 0.480 e. The molecule has 1 aromatic carbocycles. The summed E-state index contributed by atoms with van der Waals surface area (Å²) in [6, 6.07) is 7.23. The molecule has 1 unspecified atom stereocenters. The Morgan fingerprint density at radius 1 is 1.38 bits per heavy atom. The van der Waals surface area contributed by atoms with Gasteiger partial charge < -0.3 is 15.3 Å². The van der Waals surface area contributed by atoms with Crippen LogP contribution in [0.4, 0.5) is 5.69 Å². The molecule has 0 fully saturated rings. The van der Waals surface area contributed by atoms with E-state index >= 15 is 0 Å². The summed E-state index contributed by atoms with van der Waals surface area (Å²) in [7, 11) is 4.03. The lowest BCUT2D eigenvalue weighted by molar-refractivity contribution is -0.137. The number of hydrogen-bond donors (Lipinski definition) is 2. The molecule has 0 bridgehead atoms. The highest BCUT2D eigenvalue weighted by Gasteiger charge is 2.09. The maximum absolute atomic E-state index is 10.6. The van der Waals surface area contributed by atoms with Crippen molar-refractivity contribution in [1.29, 1.82) is 0 Å². The molecule has 0 heterocycles. The van der Waals surface area contributed by atoms with Crippen LogP contribution >= 0.6 is 0 Å². The molecule has 0 saturated heterocycles. The Bertz CT molecular complexity index is 347. The summed E-state index contributed by atoms with van der Waals surface area (Å²) in [6.45, 7) is 2.50. The zero-order chi connectivity index (χ0) is 12.1. The second-order valence-electron chi connectivity index (χ2n) is 4.14. The highest BCUT2D eigenvalue weighted by molar-refractivity contribution is 5.76.